The molecular formula is C24H27ClN6OS. The number of halogens is 1. The zero-order valence-corrected chi connectivity index (χ0v) is 20.1. The number of hydrogen-bond acceptors (Lipinski definition) is 7. The molecule has 0 aliphatic carbocycles. The molecule has 3 heterocycles. The predicted octanol–water partition coefficient (Wildman–Crippen LogP) is 3.89. The highest BCUT2D eigenvalue weighted by Crippen LogP contribution is 2.25. The number of aromatic nitrogens is 3. The minimum Gasteiger partial charge on any atom is -0.354 e. The van der Waals surface area contributed by atoms with E-state index < -0.39 is 0 Å². The number of carbonyl (C=O) groups is 1. The van der Waals surface area contributed by atoms with Crippen molar-refractivity contribution >= 4 is 35.1 Å². The molecule has 0 spiro atoms. The maximum atomic E-state index is 12.4. The van der Waals surface area contributed by atoms with E-state index in [1.807, 2.05) is 42.5 Å². The van der Waals surface area contributed by atoms with Gasteiger partial charge in [0.1, 0.15) is 11.0 Å². The molecule has 0 saturated carbocycles. The highest BCUT2D eigenvalue weighted by Gasteiger charge is 2.18. The number of pyridine rings is 1. The molecule has 172 valence electrons. The van der Waals surface area contributed by atoms with Crippen molar-refractivity contribution in [2.45, 2.75) is 24.4 Å². The Morgan fingerprint density at radius 3 is 2.58 bits per heavy atom. The summed E-state index contributed by atoms with van der Waals surface area (Å²) in [6.07, 6.45) is 3.46. The van der Waals surface area contributed by atoms with Crippen LogP contribution in [-0.4, -0.2) is 58.5 Å². The third kappa shape index (κ3) is 6.66. The van der Waals surface area contributed by atoms with Crippen LogP contribution in [0.3, 0.4) is 0 Å². The van der Waals surface area contributed by atoms with Gasteiger partial charge in [0.15, 0.2) is 5.16 Å². The number of nitrogens with zero attached hydrogens (tertiary/aromatic N) is 5. The van der Waals surface area contributed by atoms with Crippen molar-refractivity contribution < 1.29 is 4.79 Å². The van der Waals surface area contributed by atoms with Crippen molar-refractivity contribution in [3.63, 3.8) is 0 Å². The van der Waals surface area contributed by atoms with Gasteiger partial charge in [0.2, 0.25) is 0 Å². The van der Waals surface area contributed by atoms with Gasteiger partial charge in [-0.1, -0.05) is 48.5 Å². The van der Waals surface area contributed by atoms with E-state index in [1.54, 1.807) is 24.2 Å². The Balaban J connectivity index is 1.31. The molecule has 4 rings (SSSR count). The summed E-state index contributed by atoms with van der Waals surface area (Å²) in [4.78, 5) is 30.3. The van der Waals surface area contributed by atoms with Crippen LogP contribution in [-0.2, 0) is 12.3 Å². The molecule has 0 unspecified atom stereocenters. The Hall–Kier alpha value is -2.68. The molecule has 33 heavy (non-hydrogen) atoms. The molecule has 0 atom stereocenters. The number of amides is 1. The molecule has 9 heteroatoms. The number of hydrogen-bond donors (Lipinski definition) is 1. The van der Waals surface area contributed by atoms with Crippen LogP contribution in [0.1, 0.15) is 28.4 Å². The number of thioether (sulfide) groups is 1. The van der Waals surface area contributed by atoms with Crippen LogP contribution in [0.2, 0.25) is 5.15 Å². The third-order valence-corrected chi connectivity index (χ3v) is 6.68. The van der Waals surface area contributed by atoms with Gasteiger partial charge in [-0.2, -0.15) is 0 Å². The largest absolute Gasteiger partial charge is 0.354 e. The first-order valence-corrected chi connectivity index (χ1v) is 12.4. The molecule has 0 bridgehead atoms. The Morgan fingerprint density at radius 1 is 1.09 bits per heavy atom. The lowest BCUT2D eigenvalue weighted by Gasteiger charge is -2.34. The standard InChI is InChI=1S/C24H27ClN6OS/c1-2-30-10-12-31(13-11-30)22-14-21(25)28-24(29-22)33-17-18-5-7-20(8-6-18)23(32)27-16-19-4-3-9-26-15-19/h3-9,14-15H,2,10-13,16-17H2,1H3,(H,27,32). The van der Waals surface area contributed by atoms with Crippen molar-refractivity contribution in [3.8, 4) is 0 Å². The fourth-order valence-corrected chi connectivity index (χ4v) is 4.63. The Morgan fingerprint density at radius 2 is 1.88 bits per heavy atom. The topological polar surface area (TPSA) is 74.2 Å². The van der Waals surface area contributed by atoms with E-state index in [2.05, 4.69) is 32.0 Å². The second-order valence-corrected chi connectivity index (χ2v) is 9.11. The minimum atomic E-state index is -0.107. The lowest BCUT2D eigenvalue weighted by Crippen LogP contribution is -2.46. The van der Waals surface area contributed by atoms with Gasteiger partial charge in [0.25, 0.3) is 5.91 Å². The van der Waals surface area contributed by atoms with E-state index in [1.165, 1.54) is 0 Å². The van der Waals surface area contributed by atoms with E-state index in [-0.39, 0.29) is 5.91 Å². The fraction of sp³-hybridized carbons (Fsp3) is 0.333. The van der Waals surface area contributed by atoms with Gasteiger partial charge < -0.3 is 15.1 Å². The van der Waals surface area contributed by atoms with Crippen molar-refractivity contribution in [1.82, 2.24) is 25.2 Å². The summed E-state index contributed by atoms with van der Waals surface area (Å²) in [6.45, 7) is 7.65. The summed E-state index contributed by atoms with van der Waals surface area (Å²) < 4.78 is 0. The number of carbonyl (C=O) groups excluding carboxylic acids is 1. The number of anilines is 1. The summed E-state index contributed by atoms with van der Waals surface area (Å²) in [5, 5.41) is 4.04. The van der Waals surface area contributed by atoms with Crippen LogP contribution in [0.15, 0.2) is 60.0 Å². The quantitative estimate of drug-likeness (QED) is 0.296. The van der Waals surface area contributed by atoms with Gasteiger partial charge in [-0.05, 0) is 35.9 Å². The maximum absolute atomic E-state index is 12.4. The van der Waals surface area contributed by atoms with E-state index in [0.717, 1.165) is 49.7 Å². The maximum Gasteiger partial charge on any atom is 0.251 e. The first-order chi connectivity index (χ1) is 16.1. The summed E-state index contributed by atoms with van der Waals surface area (Å²) in [7, 11) is 0. The molecule has 1 saturated heterocycles. The second kappa shape index (κ2) is 11.4. The summed E-state index contributed by atoms with van der Waals surface area (Å²) in [5.74, 6) is 1.47. The third-order valence-electron chi connectivity index (χ3n) is 5.56. The average molecular weight is 483 g/mol. The van der Waals surface area contributed by atoms with Crippen LogP contribution in [0.25, 0.3) is 0 Å². The monoisotopic (exact) mass is 482 g/mol. The molecule has 1 N–H and O–H groups in total. The minimum absolute atomic E-state index is 0.107. The highest BCUT2D eigenvalue weighted by molar-refractivity contribution is 7.98. The molecule has 3 aromatic rings. The number of nitrogens with one attached hydrogen (secondary N) is 1. The van der Waals surface area contributed by atoms with Crippen molar-refractivity contribution in [1.29, 1.82) is 0 Å². The van der Waals surface area contributed by atoms with Crippen molar-refractivity contribution in [2.24, 2.45) is 0 Å². The first-order valence-electron chi connectivity index (χ1n) is 11.0. The average Bonchev–Trinajstić information content (AvgIpc) is 2.86. The Bertz CT molecular complexity index is 1060. The molecule has 1 aromatic carbocycles. The summed E-state index contributed by atoms with van der Waals surface area (Å²) in [5.41, 5.74) is 2.68. The summed E-state index contributed by atoms with van der Waals surface area (Å²) in [6, 6.07) is 13.2. The molecule has 1 amide bonds. The molecule has 2 aromatic heterocycles. The van der Waals surface area contributed by atoms with Gasteiger partial charge in [0, 0.05) is 62.5 Å². The van der Waals surface area contributed by atoms with Gasteiger partial charge in [-0.25, -0.2) is 9.97 Å². The fourth-order valence-electron chi connectivity index (χ4n) is 3.59. The van der Waals surface area contributed by atoms with Gasteiger partial charge in [0.05, 0.1) is 0 Å². The molecule has 7 nitrogen and oxygen atoms in total. The van der Waals surface area contributed by atoms with Crippen molar-refractivity contribution in [2.75, 3.05) is 37.6 Å². The van der Waals surface area contributed by atoms with Crippen LogP contribution >= 0.6 is 23.4 Å². The van der Waals surface area contributed by atoms with Crippen LogP contribution in [0, 0.1) is 0 Å². The van der Waals surface area contributed by atoms with Crippen molar-refractivity contribution in [3.05, 3.63) is 76.7 Å². The number of benzene rings is 1. The van der Waals surface area contributed by atoms with Crippen LogP contribution < -0.4 is 10.2 Å². The Kier molecular flexibility index (Phi) is 8.15. The van der Waals surface area contributed by atoms with E-state index in [0.29, 0.717) is 28.2 Å². The smallest absolute Gasteiger partial charge is 0.251 e. The molecule has 0 radical (unpaired) electrons. The molecule has 1 aliphatic rings. The molecular weight excluding hydrogens is 456 g/mol. The molecule has 1 aliphatic heterocycles. The van der Waals surface area contributed by atoms with E-state index in [4.69, 9.17) is 16.6 Å². The summed E-state index contributed by atoms with van der Waals surface area (Å²) >= 11 is 7.83. The Labute approximate surface area is 203 Å². The lowest BCUT2D eigenvalue weighted by molar-refractivity contribution is 0.0951. The highest BCUT2D eigenvalue weighted by atomic mass is 35.5. The van der Waals surface area contributed by atoms with Gasteiger partial charge in [-0.15, -0.1) is 0 Å². The first kappa shape index (κ1) is 23.5. The number of piperazine rings is 1. The lowest BCUT2D eigenvalue weighted by atomic mass is 10.1. The predicted molar refractivity (Wildman–Crippen MR) is 133 cm³/mol. The van der Waals surface area contributed by atoms with Gasteiger partial charge in [-0.3, -0.25) is 9.78 Å². The van der Waals surface area contributed by atoms with Gasteiger partial charge >= 0.3 is 0 Å². The number of likely N-dealkylation sites (N-methyl/N-ethyl adjacent to an activating group) is 1. The molecule has 1 fully saturated rings. The number of rotatable bonds is 8. The van der Waals surface area contributed by atoms with E-state index >= 15 is 0 Å². The van der Waals surface area contributed by atoms with E-state index in [9.17, 15) is 4.79 Å². The normalized spacial score (nSPS) is 14.3. The zero-order valence-electron chi connectivity index (χ0n) is 18.6. The van der Waals surface area contributed by atoms with Crippen LogP contribution in [0.4, 0.5) is 5.82 Å². The zero-order chi connectivity index (χ0) is 23.0. The SMILES string of the molecule is CCN1CCN(c2cc(Cl)nc(SCc3ccc(C(=O)NCc4cccnc4)cc3)n2)CC1. The second-order valence-electron chi connectivity index (χ2n) is 7.78. The van der Waals surface area contributed by atoms with Crippen LogP contribution in [0.5, 0.6) is 0 Å².